The molecular weight excluding hydrogens is 644 g/mol. The minimum atomic E-state index is -0.992. The average molecular weight is 693 g/mol. The first-order chi connectivity index (χ1) is 25.0. The van der Waals surface area contributed by atoms with E-state index in [0.29, 0.717) is 52.0 Å². The van der Waals surface area contributed by atoms with Crippen molar-refractivity contribution >= 4 is 12.2 Å². The Kier molecular flexibility index (Phi) is 12.7. The maximum Gasteiger partial charge on any atom is 0.407 e. The molecule has 0 bridgehead atoms. The zero-order valence-corrected chi connectivity index (χ0v) is 29.1. The van der Waals surface area contributed by atoms with Crippen LogP contribution in [0.2, 0.25) is 0 Å². The number of benzene rings is 4. The Morgan fingerprint density at radius 1 is 0.549 bits per heavy atom. The van der Waals surface area contributed by atoms with E-state index in [0.717, 1.165) is 59.1 Å². The van der Waals surface area contributed by atoms with E-state index in [1.165, 1.54) is 0 Å². The molecule has 2 fully saturated rings. The predicted octanol–water partition coefficient (Wildman–Crippen LogP) is 8.05. The molecule has 0 radical (unpaired) electrons. The van der Waals surface area contributed by atoms with Crippen molar-refractivity contribution in [1.29, 1.82) is 0 Å². The fourth-order valence-electron chi connectivity index (χ4n) is 6.63. The molecule has 9 heteroatoms. The Morgan fingerprint density at radius 3 is 1.39 bits per heavy atom. The lowest BCUT2D eigenvalue weighted by atomic mass is 9.91. The zero-order chi connectivity index (χ0) is 35.2. The molecule has 2 aliphatic rings. The molecule has 2 amide bonds. The van der Waals surface area contributed by atoms with Crippen LogP contribution in [0.3, 0.4) is 0 Å². The maximum absolute atomic E-state index is 12.3. The Bertz CT molecular complexity index is 1560. The van der Waals surface area contributed by atoms with Gasteiger partial charge in [-0.05, 0) is 60.8 Å². The second-order valence-corrected chi connectivity index (χ2v) is 13.1. The summed E-state index contributed by atoms with van der Waals surface area (Å²) in [4.78, 5) is 24.7. The van der Waals surface area contributed by atoms with Gasteiger partial charge in [-0.15, -0.1) is 0 Å². The van der Waals surface area contributed by atoms with Gasteiger partial charge in [0.1, 0.15) is 13.2 Å². The highest BCUT2D eigenvalue weighted by Crippen LogP contribution is 2.47. The van der Waals surface area contributed by atoms with E-state index >= 15 is 0 Å². The van der Waals surface area contributed by atoms with Crippen LogP contribution < -0.4 is 10.6 Å². The molecule has 2 unspecified atom stereocenters. The van der Waals surface area contributed by atoms with E-state index in [1.807, 2.05) is 72.8 Å². The quantitative estimate of drug-likeness (QED) is 0.138. The summed E-state index contributed by atoms with van der Waals surface area (Å²) in [6, 6.07) is 35.8. The van der Waals surface area contributed by atoms with Crippen LogP contribution in [0.1, 0.15) is 71.9 Å². The third-order valence-electron chi connectivity index (χ3n) is 9.33. The molecule has 2 aliphatic heterocycles. The second-order valence-electron chi connectivity index (χ2n) is 13.1. The lowest BCUT2D eigenvalue weighted by Gasteiger charge is -2.47. The standard InChI is InChI=1S/C42H48N2O7/c45-39(47-31-35-13-3-1-4-14-35)43-25-21-33-17-11-19-37(29-33)41(23-7-9-27-49-41)51-42(24-8-10-28-50-42)38-20-12-18-34(30-38)22-26-44-40(46)48-32-36-15-5-2-6-16-36/h1-6,11-20,29-30H,7-10,21-28,31-32H2,(H,43,45)(H,44,46). The van der Waals surface area contributed by atoms with Gasteiger partial charge in [0.05, 0.1) is 13.2 Å². The van der Waals surface area contributed by atoms with Crippen molar-refractivity contribution in [2.24, 2.45) is 0 Å². The summed E-state index contributed by atoms with van der Waals surface area (Å²) in [5, 5.41) is 5.74. The maximum atomic E-state index is 12.3. The Hall–Kier alpha value is -4.70. The lowest BCUT2D eigenvalue weighted by molar-refractivity contribution is -0.392. The summed E-state index contributed by atoms with van der Waals surface area (Å²) < 4.78 is 31.1. The Balaban J connectivity index is 1.10. The monoisotopic (exact) mass is 692 g/mol. The number of carbonyl (C=O) groups is 2. The molecule has 0 spiro atoms. The highest BCUT2D eigenvalue weighted by atomic mass is 16.8. The minimum absolute atomic E-state index is 0.229. The molecule has 9 nitrogen and oxygen atoms in total. The highest BCUT2D eigenvalue weighted by molar-refractivity contribution is 5.67. The van der Waals surface area contributed by atoms with Crippen molar-refractivity contribution in [3.8, 4) is 0 Å². The number of rotatable bonds is 14. The molecule has 51 heavy (non-hydrogen) atoms. The fraction of sp³-hybridized carbons (Fsp3) is 0.381. The van der Waals surface area contributed by atoms with Crippen LogP contribution in [0.5, 0.6) is 0 Å². The first-order valence-electron chi connectivity index (χ1n) is 18.1. The van der Waals surface area contributed by atoms with Gasteiger partial charge in [-0.25, -0.2) is 9.59 Å². The topological polar surface area (TPSA) is 104 Å². The van der Waals surface area contributed by atoms with Crippen LogP contribution in [-0.4, -0.2) is 38.5 Å². The van der Waals surface area contributed by atoms with E-state index in [1.54, 1.807) is 0 Å². The number of carbonyl (C=O) groups excluding carboxylic acids is 2. The largest absolute Gasteiger partial charge is 0.445 e. The van der Waals surface area contributed by atoms with Gasteiger partial charge in [-0.3, -0.25) is 0 Å². The number of nitrogens with one attached hydrogen (secondary N) is 2. The van der Waals surface area contributed by atoms with Gasteiger partial charge in [0, 0.05) is 37.1 Å². The van der Waals surface area contributed by atoms with Crippen LogP contribution in [0, 0.1) is 0 Å². The average Bonchev–Trinajstić information content (AvgIpc) is 3.18. The SMILES string of the molecule is O=C(NCCc1cccc(C2(OC3(c4cccc(CCNC(=O)OCc5ccccc5)c4)CCCCO3)CCCCO2)c1)OCc1ccccc1. The molecule has 4 aromatic carbocycles. The van der Waals surface area contributed by atoms with Gasteiger partial charge in [0.2, 0.25) is 0 Å². The van der Waals surface area contributed by atoms with Crippen LogP contribution in [-0.2, 0) is 61.3 Å². The summed E-state index contributed by atoms with van der Waals surface area (Å²) in [5.41, 5.74) is 5.88. The summed E-state index contributed by atoms with van der Waals surface area (Å²) >= 11 is 0. The van der Waals surface area contributed by atoms with Gasteiger partial charge in [0.15, 0.2) is 11.6 Å². The molecule has 0 aliphatic carbocycles. The van der Waals surface area contributed by atoms with E-state index in [-0.39, 0.29) is 13.2 Å². The Morgan fingerprint density at radius 2 is 0.980 bits per heavy atom. The predicted molar refractivity (Wildman–Crippen MR) is 194 cm³/mol. The van der Waals surface area contributed by atoms with Crippen LogP contribution in [0.25, 0.3) is 0 Å². The minimum Gasteiger partial charge on any atom is -0.445 e. The van der Waals surface area contributed by atoms with Crippen molar-refractivity contribution in [2.45, 2.75) is 76.2 Å². The van der Waals surface area contributed by atoms with E-state index in [2.05, 4.69) is 47.0 Å². The molecule has 2 N–H and O–H groups in total. The Labute approximate surface area is 300 Å². The van der Waals surface area contributed by atoms with E-state index in [4.69, 9.17) is 23.7 Å². The molecule has 0 saturated carbocycles. The van der Waals surface area contributed by atoms with Crippen molar-refractivity contribution < 1.29 is 33.3 Å². The molecule has 4 aromatic rings. The molecule has 0 aromatic heterocycles. The summed E-state index contributed by atoms with van der Waals surface area (Å²) in [6.45, 7) is 2.50. The number of alkyl carbamates (subject to hydrolysis) is 2. The summed E-state index contributed by atoms with van der Waals surface area (Å²) in [6.07, 6.45) is 5.60. The van der Waals surface area contributed by atoms with Crippen molar-refractivity contribution in [3.63, 3.8) is 0 Å². The molecule has 2 atom stereocenters. The first-order valence-corrected chi connectivity index (χ1v) is 18.1. The lowest BCUT2D eigenvalue weighted by Crippen LogP contribution is -2.47. The smallest absolute Gasteiger partial charge is 0.407 e. The molecular formula is C42H48N2O7. The fourth-order valence-corrected chi connectivity index (χ4v) is 6.63. The van der Waals surface area contributed by atoms with Crippen molar-refractivity contribution in [1.82, 2.24) is 10.6 Å². The van der Waals surface area contributed by atoms with Gasteiger partial charge >= 0.3 is 12.2 Å². The van der Waals surface area contributed by atoms with Gasteiger partial charge < -0.3 is 34.3 Å². The number of amides is 2. The molecule has 6 rings (SSSR count). The first kappa shape index (κ1) is 36.1. The van der Waals surface area contributed by atoms with E-state index < -0.39 is 23.8 Å². The van der Waals surface area contributed by atoms with Crippen molar-refractivity contribution in [3.05, 3.63) is 143 Å². The van der Waals surface area contributed by atoms with Gasteiger partial charge in [-0.2, -0.15) is 0 Å². The van der Waals surface area contributed by atoms with Crippen LogP contribution in [0.4, 0.5) is 9.59 Å². The summed E-state index contributed by atoms with van der Waals surface area (Å²) in [7, 11) is 0. The van der Waals surface area contributed by atoms with Crippen LogP contribution >= 0.6 is 0 Å². The third-order valence-corrected chi connectivity index (χ3v) is 9.33. The third kappa shape index (κ3) is 10.2. The second kappa shape index (κ2) is 18.0. The molecule has 268 valence electrons. The molecule has 2 heterocycles. The normalized spacial score (nSPS) is 20.2. The highest BCUT2D eigenvalue weighted by Gasteiger charge is 2.48. The van der Waals surface area contributed by atoms with Gasteiger partial charge in [-0.1, -0.05) is 109 Å². The number of hydrogen-bond donors (Lipinski definition) is 2. The van der Waals surface area contributed by atoms with E-state index in [9.17, 15) is 9.59 Å². The molecule has 2 saturated heterocycles. The van der Waals surface area contributed by atoms with Gasteiger partial charge in [0.25, 0.3) is 0 Å². The number of ether oxygens (including phenoxy) is 5. The summed E-state index contributed by atoms with van der Waals surface area (Å²) in [5.74, 6) is -1.98. The van der Waals surface area contributed by atoms with Crippen molar-refractivity contribution in [2.75, 3.05) is 26.3 Å². The van der Waals surface area contributed by atoms with Crippen LogP contribution in [0.15, 0.2) is 109 Å². The number of hydrogen-bond acceptors (Lipinski definition) is 7. The zero-order valence-electron chi connectivity index (χ0n) is 29.1.